The number of aliphatic imine (C=N–C) groups is 1. The van der Waals surface area contributed by atoms with E-state index in [-0.39, 0.29) is 10.9 Å². The predicted molar refractivity (Wildman–Crippen MR) is 140 cm³/mol. The Morgan fingerprint density at radius 2 is 1.86 bits per heavy atom. The lowest BCUT2D eigenvalue weighted by atomic mass is 10.1. The number of anilines is 1. The van der Waals surface area contributed by atoms with Gasteiger partial charge in [0.25, 0.3) is 5.91 Å². The second kappa shape index (κ2) is 11.6. The van der Waals surface area contributed by atoms with Crippen molar-refractivity contribution in [1.29, 1.82) is 0 Å². The molecule has 2 aromatic rings. The molecule has 1 amide bonds. The fraction of sp³-hybridized carbons (Fsp3) is 0.400. The number of guanidine groups is 1. The van der Waals surface area contributed by atoms with Gasteiger partial charge in [0.05, 0.1) is 4.90 Å². The highest BCUT2D eigenvalue weighted by atomic mass is 32.2. The van der Waals surface area contributed by atoms with Crippen LogP contribution in [0.2, 0.25) is 0 Å². The van der Waals surface area contributed by atoms with Crippen LogP contribution in [-0.4, -0.2) is 87.6 Å². The van der Waals surface area contributed by atoms with Crippen LogP contribution in [0.15, 0.2) is 64.5 Å². The Bertz CT molecular complexity index is 1240. The summed E-state index contributed by atoms with van der Waals surface area (Å²) in [6.07, 6.45) is 1.05. The number of carboxylic acids is 1. The smallest absolute Gasteiger partial charge is 0.323 e. The van der Waals surface area contributed by atoms with Gasteiger partial charge in [0.2, 0.25) is 10.0 Å². The maximum atomic E-state index is 12.6. The molecule has 37 heavy (non-hydrogen) atoms. The summed E-state index contributed by atoms with van der Waals surface area (Å²) in [6.45, 7) is 6.03. The van der Waals surface area contributed by atoms with Gasteiger partial charge < -0.3 is 25.5 Å². The Kier molecular flexibility index (Phi) is 8.29. The van der Waals surface area contributed by atoms with Gasteiger partial charge in [-0.2, -0.15) is 4.72 Å². The Balaban J connectivity index is 1.32. The number of hydrogen-bond acceptors (Lipinski definition) is 8. The van der Waals surface area contributed by atoms with Crippen LogP contribution in [-0.2, 0) is 14.8 Å². The van der Waals surface area contributed by atoms with Crippen molar-refractivity contribution in [2.45, 2.75) is 30.3 Å². The molecule has 11 nitrogen and oxygen atoms in total. The molecule has 4 N–H and O–H groups in total. The van der Waals surface area contributed by atoms with Crippen LogP contribution in [0.25, 0.3) is 0 Å². The first-order valence-corrected chi connectivity index (χ1v) is 13.7. The van der Waals surface area contributed by atoms with Gasteiger partial charge >= 0.3 is 5.97 Å². The molecule has 0 bridgehead atoms. The van der Waals surface area contributed by atoms with Crippen LogP contribution >= 0.6 is 0 Å². The number of aliphatic carboxylic acids is 1. The van der Waals surface area contributed by atoms with Crippen molar-refractivity contribution in [1.82, 2.24) is 20.3 Å². The average Bonchev–Trinajstić information content (AvgIpc) is 2.91. The number of carbonyl (C=O) groups excluding carboxylic acids is 1. The predicted octanol–water partition coefficient (Wildman–Crippen LogP) is 0.708. The Morgan fingerprint density at radius 1 is 1.14 bits per heavy atom. The van der Waals surface area contributed by atoms with E-state index < -0.39 is 34.5 Å². The summed E-state index contributed by atoms with van der Waals surface area (Å²) >= 11 is 0. The fourth-order valence-electron chi connectivity index (χ4n) is 4.37. The first-order chi connectivity index (χ1) is 17.7. The van der Waals surface area contributed by atoms with Crippen LogP contribution in [0.5, 0.6) is 0 Å². The molecule has 4 rings (SSSR count). The van der Waals surface area contributed by atoms with E-state index in [9.17, 15) is 23.1 Å². The highest BCUT2D eigenvalue weighted by Crippen LogP contribution is 2.20. The zero-order chi connectivity index (χ0) is 26.4. The first-order valence-electron chi connectivity index (χ1n) is 12.2. The van der Waals surface area contributed by atoms with Gasteiger partial charge in [0, 0.05) is 56.6 Å². The molecule has 12 heteroatoms. The normalized spacial score (nSPS) is 18.9. The van der Waals surface area contributed by atoms with Gasteiger partial charge in [-0.05, 0) is 49.7 Å². The third kappa shape index (κ3) is 6.57. The average molecular weight is 529 g/mol. The van der Waals surface area contributed by atoms with Gasteiger partial charge in [0.15, 0.2) is 5.96 Å². The summed E-state index contributed by atoms with van der Waals surface area (Å²) in [5, 5.41) is 15.4. The van der Waals surface area contributed by atoms with Gasteiger partial charge in [-0.1, -0.05) is 18.2 Å². The van der Waals surface area contributed by atoms with Crippen molar-refractivity contribution in [3.05, 3.63) is 60.2 Å². The lowest BCUT2D eigenvalue weighted by Gasteiger charge is -2.43. The van der Waals surface area contributed by atoms with Crippen molar-refractivity contribution in [2.75, 3.05) is 44.2 Å². The summed E-state index contributed by atoms with van der Waals surface area (Å²) in [5.74, 6) is -0.912. The van der Waals surface area contributed by atoms with E-state index in [4.69, 9.17) is 0 Å². The van der Waals surface area contributed by atoms with Crippen LogP contribution in [0.4, 0.5) is 5.69 Å². The van der Waals surface area contributed by atoms with E-state index in [1.165, 1.54) is 12.1 Å². The molecule has 0 unspecified atom stereocenters. The van der Waals surface area contributed by atoms with Crippen molar-refractivity contribution in [2.24, 2.45) is 4.99 Å². The van der Waals surface area contributed by atoms with E-state index in [0.717, 1.165) is 50.8 Å². The Morgan fingerprint density at radius 3 is 2.49 bits per heavy atom. The lowest BCUT2D eigenvalue weighted by molar-refractivity contribution is -0.138. The number of carboxylic acid groups (broad SMARTS) is 1. The summed E-state index contributed by atoms with van der Waals surface area (Å²) in [6, 6.07) is 13.3. The lowest BCUT2D eigenvalue weighted by Crippen LogP contribution is -2.58. The van der Waals surface area contributed by atoms with E-state index in [1.807, 2.05) is 12.1 Å². The van der Waals surface area contributed by atoms with Gasteiger partial charge in [0.1, 0.15) is 6.04 Å². The second-order valence-electron chi connectivity index (χ2n) is 9.06. The molecule has 198 valence electrons. The Labute approximate surface area is 216 Å². The number of carbonyl (C=O) groups is 2. The number of benzene rings is 2. The molecular formula is C25H32N6O5S. The minimum atomic E-state index is -4.05. The fourth-order valence-corrected chi connectivity index (χ4v) is 5.58. The molecular weight excluding hydrogens is 496 g/mol. The largest absolute Gasteiger partial charge is 0.480 e. The summed E-state index contributed by atoms with van der Waals surface area (Å²) < 4.78 is 27.1. The number of amides is 1. The summed E-state index contributed by atoms with van der Waals surface area (Å²) in [4.78, 5) is 33.4. The molecule has 0 saturated carbocycles. The molecule has 2 aliphatic heterocycles. The van der Waals surface area contributed by atoms with Gasteiger partial charge in [-0.3, -0.25) is 14.6 Å². The SMILES string of the molecule is C[C@@H]1CN(c2ccc(C(=O)NC[C@H](NS(=O)(=O)c3ccccc3)C(=O)O)cc2)CCN1C1=NCCCN1. The van der Waals surface area contributed by atoms with Crippen LogP contribution in [0.3, 0.4) is 0 Å². The molecule has 2 aliphatic rings. The standard InChI is InChI=1S/C25H32N6O5S/c1-18-17-30(14-15-31(18)25-26-12-5-13-27-25)20-10-8-19(9-11-20)23(32)28-16-22(24(33)34)29-37(35,36)21-6-3-2-4-7-21/h2-4,6-11,18,22,29H,5,12-17H2,1H3,(H,26,27)(H,28,32)(H,33,34)/t18-,22+/m1/s1. The third-order valence-electron chi connectivity index (χ3n) is 6.39. The minimum absolute atomic E-state index is 0.0543. The van der Waals surface area contributed by atoms with Crippen molar-refractivity contribution in [3.8, 4) is 0 Å². The maximum absolute atomic E-state index is 12.6. The number of nitrogens with zero attached hydrogens (tertiary/aromatic N) is 3. The zero-order valence-electron chi connectivity index (χ0n) is 20.6. The molecule has 0 aliphatic carbocycles. The quantitative estimate of drug-likeness (QED) is 0.392. The molecule has 2 atom stereocenters. The van der Waals surface area contributed by atoms with Crippen LogP contribution in [0.1, 0.15) is 23.7 Å². The molecule has 2 aromatic carbocycles. The Hall–Kier alpha value is -3.64. The van der Waals surface area contributed by atoms with Crippen molar-refractivity contribution in [3.63, 3.8) is 0 Å². The topological polar surface area (TPSA) is 143 Å². The number of rotatable bonds is 8. The monoisotopic (exact) mass is 528 g/mol. The molecule has 1 saturated heterocycles. The minimum Gasteiger partial charge on any atom is -0.480 e. The molecule has 1 fully saturated rings. The second-order valence-corrected chi connectivity index (χ2v) is 10.8. The third-order valence-corrected chi connectivity index (χ3v) is 7.88. The van der Waals surface area contributed by atoms with E-state index in [2.05, 4.69) is 37.1 Å². The molecule has 2 heterocycles. The molecule has 0 radical (unpaired) electrons. The summed E-state index contributed by atoms with van der Waals surface area (Å²) in [5.41, 5.74) is 1.34. The maximum Gasteiger partial charge on any atom is 0.323 e. The highest BCUT2D eigenvalue weighted by Gasteiger charge is 2.28. The zero-order valence-corrected chi connectivity index (χ0v) is 21.4. The van der Waals surface area contributed by atoms with Gasteiger partial charge in [-0.15, -0.1) is 0 Å². The highest BCUT2D eigenvalue weighted by molar-refractivity contribution is 7.89. The number of hydrogen-bond donors (Lipinski definition) is 4. The van der Waals surface area contributed by atoms with Crippen LogP contribution in [0, 0.1) is 0 Å². The van der Waals surface area contributed by atoms with Crippen molar-refractivity contribution >= 4 is 33.5 Å². The number of sulfonamides is 1. The van der Waals surface area contributed by atoms with E-state index in [1.54, 1.807) is 30.3 Å². The summed E-state index contributed by atoms with van der Waals surface area (Å²) in [7, 11) is -4.05. The van der Waals surface area contributed by atoms with Crippen LogP contribution < -0.4 is 20.3 Å². The first kappa shape index (κ1) is 26.4. The van der Waals surface area contributed by atoms with E-state index >= 15 is 0 Å². The van der Waals surface area contributed by atoms with Gasteiger partial charge in [-0.25, -0.2) is 8.42 Å². The molecule has 0 spiro atoms. The van der Waals surface area contributed by atoms with Crippen molar-refractivity contribution < 1.29 is 23.1 Å². The number of piperazine rings is 1. The molecule has 0 aromatic heterocycles. The van der Waals surface area contributed by atoms with E-state index in [0.29, 0.717) is 5.56 Å². The number of nitrogens with one attached hydrogen (secondary N) is 3.